The van der Waals surface area contributed by atoms with Gasteiger partial charge in [-0.15, -0.1) is 0 Å². The lowest BCUT2D eigenvalue weighted by molar-refractivity contribution is -0.0154. The predicted molar refractivity (Wildman–Crippen MR) is 51.8 cm³/mol. The van der Waals surface area contributed by atoms with Gasteiger partial charge in [-0.3, -0.25) is 0 Å². The van der Waals surface area contributed by atoms with Gasteiger partial charge >= 0.3 is 0 Å². The summed E-state index contributed by atoms with van der Waals surface area (Å²) in [5.41, 5.74) is 0.245. The van der Waals surface area contributed by atoms with Crippen LogP contribution in [0.25, 0.3) is 0 Å². The molecular formula is C8H15BOS. The van der Waals surface area contributed by atoms with Gasteiger partial charge in [-0.2, -0.15) is 11.8 Å². The summed E-state index contributed by atoms with van der Waals surface area (Å²) in [6.45, 7) is 4.59. The van der Waals surface area contributed by atoms with Crippen molar-refractivity contribution in [3.63, 3.8) is 0 Å². The zero-order chi connectivity index (χ0) is 8.06. The van der Waals surface area contributed by atoms with E-state index in [0.29, 0.717) is 6.00 Å². The Morgan fingerprint density at radius 2 is 2.45 bits per heavy atom. The molecule has 0 aliphatic carbocycles. The van der Waals surface area contributed by atoms with Crippen LogP contribution in [0, 0.1) is 5.92 Å². The molecule has 0 amide bonds. The maximum absolute atomic E-state index is 5.99. The molecule has 0 N–H and O–H groups in total. The van der Waals surface area contributed by atoms with Gasteiger partial charge in [0.2, 0.25) is 0 Å². The molecule has 0 aromatic heterocycles. The van der Waals surface area contributed by atoms with E-state index in [1.54, 1.807) is 0 Å². The van der Waals surface area contributed by atoms with Crippen LogP contribution in [0.4, 0.5) is 0 Å². The summed E-state index contributed by atoms with van der Waals surface area (Å²) in [6.07, 6.45) is 1.18. The fourth-order valence-corrected chi connectivity index (χ4v) is 4.31. The van der Waals surface area contributed by atoms with Crippen molar-refractivity contribution in [1.29, 1.82) is 0 Å². The summed E-state index contributed by atoms with van der Waals surface area (Å²) in [4.78, 5) is 0. The predicted octanol–water partition coefficient (Wildman–Crippen LogP) is 0.876. The second-order valence-corrected chi connectivity index (χ2v) is 4.97. The van der Waals surface area contributed by atoms with Crippen molar-refractivity contribution in [2.75, 3.05) is 5.75 Å². The van der Waals surface area contributed by atoms with Crippen molar-refractivity contribution in [3.05, 3.63) is 0 Å². The summed E-state index contributed by atoms with van der Waals surface area (Å²) in [6, 6.07) is 0.490. The van der Waals surface area contributed by atoms with Gasteiger partial charge in [-0.25, -0.2) is 0 Å². The molecule has 2 fully saturated rings. The molecule has 11 heavy (non-hydrogen) atoms. The zero-order valence-electron chi connectivity index (χ0n) is 7.46. The van der Waals surface area contributed by atoms with Crippen LogP contribution in [0.1, 0.15) is 20.3 Å². The van der Waals surface area contributed by atoms with E-state index in [-0.39, 0.29) is 5.60 Å². The SMILES string of the molecule is B[C@@H]1O[C@@]2(CC)CS[C@H]1C2C. The average Bonchev–Trinajstić information content (AvgIpc) is 2.42. The number of rotatable bonds is 1. The van der Waals surface area contributed by atoms with Crippen molar-refractivity contribution < 1.29 is 4.74 Å². The smallest absolute Gasteiger partial charge is 0.140 e. The minimum Gasteiger partial charge on any atom is -0.378 e. The Bertz CT molecular complexity index is 175. The van der Waals surface area contributed by atoms with E-state index in [1.807, 2.05) is 0 Å². The molecule has 2 heterocycles. The van der Waals surface area contributed by atoms with Gasteiger partial charge < -0.3 is 4.74 Å². The number of hydrogen-bond acceptors (Lipinski definition) is 2. The van der Waals surface area contributed by atoms with Crippen LogP contribution in [0.15, 0.2) is 0 Å². The lowest BCUT2D eigenvalue weighted by atomic mass is 9.85. The van der Waals surface area contributed by atoms with Crippen LogP contribution in [0.2, 0.25) is 0 Å². The van der Waals surface area contributed by atoms with Gasteiger partial charge in [-0.05, 0) is 12.3 Å². The third-order valence-electron chi connectivity index (χ3n) is 3.32. The molecule has 1 unspecified atom stereocenters. The highest BCUT2D eigenvalue weighted by atomic mass is 32.2. The summed E-state index contributed by atoms with van der Waals surface area (Å²) in [5.74, 6) is 1.99. The molecular weight excluding hydrogens is 155 g/mol. The molecule has 2 aliphatic rings. The van der Waals surface area contributed by atoms with Crippen LogP contribution in [-0.4, -0.2) is 30.5 Å². The quantitative estimate of drug-likeness (QED) is 0.540. The van der Waals surface area contributed by atoms with Crippen LogP contribution in [0.5, 0.6) is 0 Å². The van der Waals surface area contributed by atoms with Crippen molar-refractivity contribution >= 4 is 19.6 Å². The largest absolute Gasteiger partial charge is 0.378 e. The van der Waals surface area contributed by atoms with E-state index in [0.717, 1.165) is 11.2 Å². The second-order valence-electron chi connectivity index (χ2n) is 3.81. The minimum absolute atomic E-state index is 0.245. The van der Waals surface area contributed by atoms with Crippen LogP contribution >= 0.6 is 11.8 Å². The fraction of sp³-hybridized carbons (Fsp3) is 1.00. The third-order valence-corrected chi connectivity index (χ3v) is 5.16. The van der Waals surface area contributed by atoms with Crippen molar-refractivity contribution in [1.82, 2.24) is 0 Å². The van der Waals surface area contributed by atoms with E-state index in [9.17, 15) is 0 Å². The van der Waals surface area contributed by atoms with Crippen molar-refractivity contribution in [2.24, 2.45) is 5.92 Å². The zero-order valence-corrected chi connectivity index (χ0v) is 8.28. The van der Waals surface area contributed by atoms with Gasteiger partial charge in [0.25, 0.3) is 0 Å². The summed E-state index contributed by atoms with van der Waals surface area (Å²) < 4.78 is 5.99. The van der Waals surface area contributed by atoms with Crippen LogP contribution in [-0.2, 0) is 4.74 Å². The van der Waals surface area contributed by atoms with E-state index in [4.69, 9.17) is 4.74 Å². The van der Waals surface area contributed by atoms with E-state index < -0.39 is 0 Å². The first-order valence-corrected chi connectivity index (χ1v) is 5.54. The average molecular weight is 170 g/mol. The number of thioether (sulfide) groups is 1. The number of hydrogen-bond donors (Lipinski definition) is 0. The Kier molecular flexibility index (Phi) is 1.77. The fourth-order valence-electron chi connectivity index (χ4n) is 2.44. The Labute approximate surface area is 73.7 Å². The summed E-state index contributed by atoms with van der Waals surface area (Å²) in [5, 5.41) is 0.773. The van der Waals surface area contributed by atoms with Gasteiger partial charge in [0, 0.05) is 17.0 Å². The van der Waals surface area contributed by atoms with Gasteiger partial charge in [0.1, 0.15) is 7.85 Å². The summed E-state index contributed by atoms with van der Waals surface area (Å²) in [7, 11) is 2.21. The molecule has 1 nitrogen and oxygen atoms in total. The molecule has 0 aromatic rings. The highest BCUT2D eigenvalue weighted by Gasteiger charge is 2.55. The maximum Gasteiger partial charge on any atom is 0.140 e. The lowest BCUT2D eigenvalue weighted by Gasteiger charge is -2.29. The molecule has 2 bridgehead atoms. The molecule has 0 aromatic carbocycles. The molecule has 2 saturated heterocycles. The van der Waals surface area contributed by atoms with Crippen molar-refractivity contribution in [2.45, 2.75) is 37.1 Å². The molecule has 0 spiro atoms. The molecule has 0 saturated carbocycles. The number of fused-ring (bicyclic) bond motifs is 2. The summed E-state index contributed by atoms with van der Waals surface area (Å²) >= 11 is 2.11. The Morgan fingerprint density at radius 3 is 2.73 bits per heavy atom. The molecule has 3 heteroatoms. The first kappa shape index (κ1) is 8.00. The molecule has 62 valence electrons. The van der Waals surface area contributed by atoms with E-state index in [2.05, 4.69) is 33.5 Å². The maximum atomic E-state index is 5.99. The van der Waals surface area contributed by atoms with Gasteiger partial charge in [-0.1, -0.05) is 13.8 Å². The van der Waals surface area contributed by atoms with Crippen molar-refractivity contribution in [3.8, 4) is 0 Å². The molecule has 4 atom stereocenters. The first-order chi connectivity index (χ1) is 5.19. The second kappa shape index (κ2) is 2.43. The molecule has 0 radical (unpaired) electrons. The third kappa shape index (κ3) is 0.904. The first-order valence-electron chi connectivity index (χ1n) is 4.49. The Hall–Kier alpha value is 0.375. The van der Waals surface area contributed by atoms with Gasteiger partial charge in [0.05, 0.1) is 5.60 Å². The van der Waals surface area contributed by atoms with Crippen LogP contribution in [0.3, 0.4) is 0 Å². The minimum atomic E-state index is 0.245. The molecule has 2 aliphatic heterocycles. The Morgan fingerprint density at radius 1 is 1.73 bits per heavy atom. The monoisotopic (exact) mass is 170 g/mol. The highest BCUT2D eigenvalue weighted by Crippen LogP contribution is 2.52. The van der Waals surface area contributed by atoms with Gasteiger partial charge in [0.15, 0.2) is 0 Å². The molecule has 2 rings (SSSR count). The lowest BCUT2D eigenvalue weighted by Crippen LogP contribution is -2.35. The van der Waals surface area contributed by atoms with Crippen LogP contribution < -0.4 is 0 Å². The Balaban J connectivity index is 2.24. The highest BCUT2D eigenvalue weighted by molar-refractivity contribution is 8.00. The topological polar surface area (TPSA) is 9.23 Å². The number of ether oxygens (including phenoxy) is 1. The van der Waals surface area contributed by atoms with E-state index >= 15 is 0 Å². The normalized spacial score (nSPS) is 55.3. The standard InChI is InChI=1S/C8H15BOS/c1-3-8-4-11-6(5(8)2)7(9)10-8/h5-7H,3-4,9H2,1-2H3/t5?,6-,7+,8-/m0/s1. The van der Waals surface area contributed by atoms with E-state index in [1.165, 1.54) is 12.2 Å².